The molecule has 0 bridgehead atoms. The van der Waals surface area contributed by atoms with Gasteiger partial charge in [-0.15, -0.1) is 6.58 Å². The lowest BCUT2D eigenvalue weighted by atomic mass is 10.1. The van der Waals surface area contributed by atoms with E-state index in [-0.39, 0.29) is 17.2 Å². The van der Waals surface area contributed by atoms with Crippen molar-refractivity contribution in [1.29, 1.82) is 0 Å². The molecule has 1 fully saturated rings. The minimum Gasteiger partial charge on any atom is -0.465 e. The normalized spacial score (nSPS) is 15.4. The van der Waals surface area contributed by atoms with E-state index in [2.05, 4.69) is 11.9 Å². The van der Waals surface area contributed by atoms with E-state index in [0.717, 1.165) is 22.6 Å². The second-order valence-corrected chi connectivity index (χ2v) is 7.11. The van der Waals surface area contributed by atoms with Crippen molar-refractivity contribution in [3.63, 3.8) is 0 Å². The zero-order valence-corrected chi connectivity index (χ0v) is 17.7. The number of hydrogen-bond donors (Lipinski definition) is 1. The molecule has 3 rings (SSSR count). The quantitative estimate of drug-likeness (QED) is 0.263. The monoisotopic (exact) mass is 423 g/mol. The van der Waals surface area contributed by atoms with Crippen molar-refractivity contribution in [2.75, 3.05) is 13.7 Å². The first-order chi connectivity index (χ1) is 14.3. The molecule has 0 spiro atoms. The summed E-state index contributed by atoms with van der Waals surface area (Å²) >= 11 is 5.08. The van der Waals surface area contributed by atoms with E-state index in [1.54, 1.807) is 24.3 Å². The number of ether oxygens (including phenoxy) is 1. The van der Waals surface area contributed by atoms with Crippen LogP contribution in [0, 0.1) is 13.8 Å². The summed E-state index contributed by atoms with van der Waals surface area (Å²) in [5, 5.41) is 2.61. The third kappa shape index (κ3) is 3.81. The Morgan fingerprint density at radius 1 is 1.23 bits per heavy atom. The van der Waals surface area contributed by atoms with Gasteiger partial charge in [0.2, 0.25) is 0 Å². The number of nitrogens with one attached hydrogen (secondary N) is 1. The van der Waals surface area contributed by atoms with Crippen LogP contribution in [0.1, 0.15) is 27.3 Å². The first kappa shape index (κ1) is 21.2. The highest BCUT2D eigenvalue weighted by Gasteiger charge is 2.32. The summed E-state index contributed by atoms with van der Waals surface area (Å²) in [4.78, 5) is 38.1. The Balaban J connectivity index is 2.00. The van der Waals surface area contributed by atoms with Crippen LogP contribution >= 0.6 is 12.2 Å². The third-order valence-corrected chi connectivity index (χ3v) is 5.14. The maximum atomic E-state index is 12.8. The molecule has 0 aliphatic carbocycles. The second kappa shape index (κ2) is 8.46. The Morgan fingerprint density at radius 3 is 2.50 bits per heavy atom. The molecule has 1 N–H and O–H groups in total. The minimum atomic E-state index is -0.530. The SMILES string of the molecule is C=CCN1C(=O)C(=Cc2cc(C)n(-c3ccc(C(=O)OC)cc3)c2C)C(=O)NC1=S. The number of carbonyl (C=O) groups is 3. The number of nitrogens with zero attached hydrogens (tertiary/aromatic N) is 2. The number of thiocarbonyl (C=S) groups is 1. The fraction of sp³-hybridized carbons (Fsp3) is 0.182. The molecule has 8 heteroatoms. The standard InChI is InChI=1S/C22H21N3O4S/c1-5-10-24-20(27)18(19(26)23-22(24)30)12-16-11-13(2)25(14(16)3)17-8-6-15(7-9-17)21(28)29-4/h5-9,11-12H,1,10H2,2-4H3,(H,23,26,30). The molecule has 154 valence electrons. The molecule has 0 radical (unpaired) electrons. The molecule has 7 nitrogen and oxygen atoms in total. The van der Waals surface area contributed by atoms with Crippen LogP contribution in [-0.4, -0.2) is 46.0 Å². The average molecular weight is 423 g/mol. The first-order valence-corrected chi connectivity index (χ1v) is 9.56. The predicted molar refractivity (Wildman–Crippen MR) is 117 cm³/mol. The number of amides is 2. The summed E-state index contributed by atoms with van der Waals surface area (Å²) in [7, 11) is 1.34. The lowest BCUT2D eigenvalue weighted by Crippen LogP contribution is -2.53. The van der Waals surface area contributed by atoms with E-state index in [4.69, 9.17) is 17.0 Å². The zero-order valence-electron chi connectivity index (χ0n) is 16.9. The van der Waals surface area contributed by atoms with Gasteiger partial charge in [-0.05, 0) is 68.0 Å². The fourth-order valence-electron chi connectivity index (χ4n) is 3.34. The van der Waals surface area contributed by atoms with Gasteiger partial charge in [0.1, 0.15) is 5.57 Å². The molecule has 1 saturated heterocycles. The molecule has 1 aromatic carbocycles. The van der Waals surface area contributed by atoms with E-state index in [0.29, 0.717) is 5.56 Å². The molecule has 0 atom stereocenters. The van der Waals surface area contributed by atoms with Gasteiger partial charge in [0, 0.05) is 23.6 Å². The highest BCUT2D eigenvalue weighted by atomic mass is 32.1. The molecule has 2 aromatic rings. The number of carbonyl (C=O) groups excluding carboxylic acids is 3. The van der Waals surface area contributed by atoms with Gasteiger partial charge in [-0.25, -0.2) is 4.79 Å². The van der Waals surface area contributed by atoms with Crippen LogP contribution in [0.4, 0.5) is 0 Å². The number of benzene rings is 1. The molecular formula is C22H21N3O4S. The maximum absolute atomic E-state index is 12.8. The molecule has 2 heterocycles. The maximum Gasteiger partial charge on any atom is 0.337 e. The number of aryl methyl sites for hydroxylation is 1. The van der Waals surface area contributed by atoms with Crippen LogP contribution < -0.4 is 5.32 Å². The second-order valence-electron chi connectivity index (χ2n) is 6.72. The van der Waals surface area contributed by atoms with Crippen molar-refractivity contribution in [1.82, 2.24) is 14.8 Å². The van der Waals surface area contributed by atoms with Crippen LogP contribution in [0.15, 0.2) is 48.6 Å². The van der Waals surface area contributed by atoms with Gasteiger partial charge in [-0.2, -0.15) is 0 Å². The van der Waals surface area contributed by atoms with Crippen LogP contribution in [-0.2, 0) is 14.3 Å². The molecular weight excluding hydrogens is 402 g/mol. The Hall–Kier alpha value is -3.52. The summed E-state index contributed by atoms with van der Waals surface area (Å²) in [6.07, 6.45) is 3.11. The van der Waals surface area contributed by atoms with Crippen molar-refractivity contribution in [3.8, 4) is 5.69 Å². The first-order valence-electron chi connectivity index (χ1n) is 9.16. The molecule has 1 aromatic heterocycles. The van der Waals surface area contributed by atoms with Crippen LogP contribution in [0.5, 0.6) is 0 Å². The summed E-state index contributed by atoms with van der Waals surface area (Å²) in [5.41, 5.74) is 3.79. The predicted octanol–water partition coefficient (Wildman–Crippen LogP) is 2.69. The lowest BCUT2D eigenvalue weighted by Gasteiger charge is -2.27. The van der Waals surface area contributed by atoms with Gasteiger partial charge in [-0.3, -0.25) is 19.8 Å². The van der Waals surface area contributed by atoms with Gasteiger partial charge in [0.05, 0.1) is 12.7 Å². The Morgan fingerprint density at radius 2 is 1.90 bits per heavy atom. The Bertz CT molecular complexity index is 1100. The lowest BCUT2D eigenvalue weighted by molar-refractivity contribution is -0.128. The summed E-state index contributed by atoms with van der Waals surface area (Å²) in [6, 6.07) is 8.88. The highest BCUT2D eigenvalue weighted by molar-refractivity contribution is 7.80. The summed E-state index contributed by atoms with van der Waals surface area (Å²) in [5.74, 6) is -1.40. The molecule has 2 amide bonds. The van der Waals surface area contributed by atoms with E-state index in [9.17, 15) is 14.4 Å². The molecule has 0 unspecified atom stereocenters. The van der Waals surface area contributed by atoms with Crippen molar-refractivity contribution < 1.29 is 19.1 Å². The zero-order chi connectivity index (χ0) is 22.0. The summed E-state index contributed by atoms with van der Waals surface area (Å²) in [6.45, 7) is 7.64. The van der Waals surface area contributed by atoms with E-state index in [1.807, 2.05) is 36.6 Å². The number of rotatable bonds is 5. The van der Waals surface area contributed by atoms with Crippen molar-refractivity contribution in [2.45, 2.75) is 13.8 Å². The molecule has 1 aliphatic heterocycles. The Kier molecular flexibility index (Phi) is 5.98. The van der Waals surface area contributed by atoms with Gasteiger partial charge < -0.3 is 9.30 Å². The smallest absolute Gasteiger partial charge is 0.337 e. The van der Waals surface area contributed by atoms with Crippen molar-refractivity contribution in [3.05, 3.63) is 71.1 Å². The third-order valence-electron chi connectivity index (χ3n) is 4.81. The number of methoxy groups -OCH3 is 1. The highest BCUT2D eigenvalue weighted by Crippen LogP contribution is 2.24. The number of aromatic nitrogens is 1. The molecule has 30 heavy (non-hydrogen) atoms. The van der Waals surface area contributed by atoms with Crippen LogP contribution in [0.2, 0.25) is 0 Å². The number of esters is 1. The fourth-order valence-corrected chi connectivity index (χ4v) is 3.59. The van der Waals surface area contributed by atoms with Gasteiger partial charge in [0.15, 0.2) is 5.11 Å². The van der Waals surface area contributed by atoms with Crippen LogP contribution in [0.25, 0.3) is 11.8 Å². The van der Waals surface area contributed by atoms with E-state index < -0.39 is 17.8 Å². The van der Waals surface area contributed by atoms with Crippen molar-refractivity contribution >= 4 is 41.2 Å². The van der Waals surface area contributed by atoms with Gasteiger partial charge in [0.25, 0.3) is 11.8 Å². The molecule has 0 saturated carbocycles. The largest absolute Gasteiger partial charge is 0.465 e. The van der Waals surface area contributed by atoms with Gasteiger partial charge in [-0.1, -0.05) is 6.08 Å². The van der Waals surface area contributed by atoms with Gasteiger partial charge >= 0.3 is 5.97 Å². The molecule has 1 aliphatic rings. The Labute approximate surface area is 179 Å². The minimum absolute atomic E-state index is 0.00624. The summed E-state index contributed by atoms with van der Waals surface area (Å²) < 4.78 is 6.71. The van der Waals surface area contributed by atoms with Crippen molar-refractivity contribution in [2.24, 2.45) is 0 Å². The average Bonchev–Trinajstić information content (AvgIpc) is 3.01. The number of hydrogen-bond acceptors (Lipinski definition) is 5. The topological polar surface area (TPSA) is 80.6 Å². The van der Waals surface area contributed by atoms with E-state index in [1.165, 1.54) is 12.0 Å². The van der Waals surface area contributed by atoms with Crippen LogP contribution in [0.3, 0.4) is 0 Å². The van der Waals surface area contributed by atoms with E-state index >= 15 is 0 Å².